The molecule has 0 aliphatic carbocycles. The number of halogens is 2. The monoisotopic (exact) mass is 368 g/mol. The molecule has 1 heterocycles. The molecule has 0 N–H and O–H groups in total. The molecule has 2 rings (SSSR count). The van der Waals surface area contributed by atoms with E-state index in [0.29, 0.717) is 16.9 Å². The molecule has 0 amide bonds. The molecule has 0 unspecified atom stereocenters. The van der Waals surface area contributed by atoms with Gasteiger partial charge in [-0.15, -0.1) is 0 Å². The predicted molar refractivity (Wildman–Crippen MR) is 89.4 cm³/mol. The van der Waals surface area contributed by atoms with E-state index in [1.54, 1.807) is 0 Å². The summed E-state index contributed by atoms with van der Waals surface area (Å²) in [5.74, 6) is 1.92. The summed E-state index contributed by atoms with van der Waals surface area (Å²) < 4.78 is 6.93. The minimum Gasteiger partial charge on any atom is -0.438 e. The topological polar surface area (TPSA) is 35.0 Å². The van der Waals surface area contributed by atoms with E-state index >= 15 is 0 Å². The third-order valence-corrected chi connectivity index (χ3v) is 3.93. The van der Waals surface area contributed by atoms with Gasteiger partial charge >= 0.3 is 0 Å². The molecular weight excluding hydrogens is 352 g/mol. The van der Waals surface area contributed by atoms with Crippen LogP contribution in [0.1, 0.15) is 37.7 Å². The molecule has 0 saturated carbocycles. The van der Waals surface area contributed by atoms with Crippen LogP contribution in [0.25, 0.3) is 0 Å². The molecular formula is C16H18BrClN2O. The Morgan fingerprint density at radius 3 is 2.43 bits per heavy atom. The van der Waals surface area contributed by atoms with E-state index in [2.05, 4.69) is 25.9 Å². The normalized spacial score (nSPS) is 11.6. The number of benzene rings is 1. The van der Waals surface area contributed by atoms with Crippen molar-refractivity contribution in [3.05, 3.63) is 44.8 Å². The number of nitrogens with zero attached hydrogens (tertiary/aromatic N) is 2. The van der Waals surface area contributed by atoms with Gasteiger partial charge in [-0.25, -0.2) is 4.98 Å². The van der Waals surface area contributed by atoms with E-state index in [-0.39, 0.29) is 5.41 Å². The zero-order valence-electron chi connectivity index (χ0n) is 12.8. The fourth-order valence-electron chi connectivity index (χ4n) is 1.69. The fourth-order valence-corrected chi connectivity index (χ4v) is 2.19. The molecule has 0 radical (unpaired) electrons. The van der Waals surface area contributed by atoms with Crippen LogP contribution in [-0.4, -0.2) is 9.97 Å². The number of ether oxygens (including phenoxy) is 1. The molecule has 21 heavy (non-hydrogen) atoms. The highest BCUT2D eigenvalue weighted by molar-refractivity contribution is 9.10. The van der Waals surface area contributed by atoms with Crippen LogP contribution in [0.3, 0.4) is 0 Å². The molecule has 112 valence electrons. The van der Waals surface area contributed by atoms with Crippen molar-refractivity contribution >= 4 is 27.5 Å². The number of aryl methyl sites for hydroxylation is 1. The highest BCUT2D eigenvalue weighted by Crippen LogP contribution is 2.32. The van der Waals surface area contributed by atoms with E-state index in [4.69, 9.17) is 16.3 Å². The lowest BCUT2D eigenvalue weighted by Gasteiger charge is -2.19. The molecule has 3 nitrogen and oxygen atoms in total. The Morgan fingerprint density at radius 2 is 1.81 bits per heavy atom. The van der Waals surface area contributed by atoms with Gasteiger partial charge in [0.1, 0.15) is 16.7 Å². The lowest BCUT2D eigenvalue weighted by atomic mass is 9.96. The second kappa shape index (κ2) is 5.93. The van der Waals surface area contributed by atoms with Crippen molar-refractivity contribution in [2.24, 2.45) is 0 Å². The van der Waals surface area contributed by atoms with E-state index < -0.39 is 0 Å². The van der Waals surface area contributed by atoms with Gasteiger partial charge in [0.05, 0.1) is 0 Å². The first-order valence-electron chi connectivity index (χ1n) is 6.67. The third kappa shape index (κ3) is 3.74. The van der Waals surface area contributed by atoms with Gasteiger partial charge in [-0.1, -0.05) is 54.4 Å². The summed E-state index contributed by atoms with van der Waals surface area (Å²) in [6.45, 7) is 9.98. The van der Waals surface area contributed by atoms with Crippen LogP contribution in [0, 0.1) is 13.8 Å². The summed E-state index contributed by atoms with van der Waals surface area (Å²) in [5.41, 5.74) is 1.58. The standard InChI is InChI=1S/C16H18BrClN2O/c1-9-6-7-11(17)8-12(9)21-14-10(2)13(18)19-15(20-14)16(3,4)5/h6-8H,1-5H3. The average Bonchev–Trinajstić information content (AvgIpc) is 2.37. The van der Waals surface area contributed by atoms with Crippen LogP contribution in [0.4, 0.5) is 0 Å². The molecule has 0 fully saturated rings. The van der Waals surface area contributed by atoms with Crippen molar-refractivity contribution in [1.29, 1.82) is 0 Å². The van der Waals surface area contributed by atoms with E-state index in [0.717, 1.165) is 21.3 Å². The van der Waals surface area contributed by atoms with Crippen LogP contribution in [0.5, 0.6) is 11.6 Å². The van der Waals surface area contributed by atoms with Gasteiger partial charge in [-0.3, -0.25) is 0 Å². The largest absolute Gasteiger partial charge is 0.438 e. The summed E-state index contributed by atoms with van der Waals surface area (Å²) >= 11 is 9.67. The number of rotatable bonds is 2. The van der Waals surface area contributed by atoms with Crippen LogP contribution in [-0.2, 0) is 5.41 Å². The Kier molecular flexibility index (Phi) is 4.59. The molecule has 0 spiro atoms. The van der Waals surface area contributed by atoms with Crippen LogP contribution in [0.15, 0.2) is 22.7 Å². The maximum absolute atomic E-state index is 6.22. The summed E-state index contributed by atoms with van der Waals surface area (Å²) in [6, 6.07) is 5.88. The SMILES string of the molecule is Cc1ccc(Br)cc1Oc1nc(C(C)(C)C)nc(Cl)c1C. The maximum Gasteiger partial charge on any atom is 0.227 e. The minimum absolute atomic E-state index is 0.193. The van der Waals surface area contributed by atoms with Crippen molar-refractivity contribution < 1.29 is 4.74 Å². The molecule has 0 atom stereocenters. The lowest BCUT2D eigenvalue weighted by molar-refractivity contribution is 0.439. The van der Waals surface area contributed by atoms with Gasteiger partial charge in [0.2, 0.25) is 5.88 Å². The summed E-state index contributed by atoms with van der Waals surface area (Å²) in [4.78, 5) is 8.89. The second-order valence-corrected chi connectivity index (χ2v) is 7.30. The average molecular weight is 370 g/mol. The number of hydrogen-bond donors (Lipinski definition) is 0. The summed E-state index contributed by atoms with van der Waals surface area (Å²) in [7, 11) is 0. The van der Waals surface area contributed by atoms with Crippen molar-refractivity contribution in [2.45, 2.75) is 40.0 Å². The van der Waals surface area contributed by atoms with E-state index in [1.165, 1.54) is 0 Å². The molecule has 0 saturated heterocycles. The number of aromatic nitrogens is 2. The smallest absolute Gasteiger partial charge is 0.227 e. The van der Waals surface area contributed by atoms with Crippen molar-refractivity contribution in [2.75, 3.05) is 0 Å². The molecule has 0 aliphatic rings. The summed E-state index contributed by atoms with van der Waals surface area (Å²) in [5, 5.41) is 0.428. The Bertz CT molecular complexity index is 681. The van der Waals surface area contributed by atoms with Crippen molar-refractivity contribution in [3.8, 4) is 11.6 Å². The zero-order valence-corrected chi connectivity index (χ0v) is 15.1. The first-order chi connectivity index (χ1) is 9.68. The minimum atomic E-state index is -0.193. The van der Waals surface area contributed by atoms with Crippen LogP contribution in [0.2, 0.25) is 5.15 Å². The molecule has 1 aromatic carbocycles. The molecule has 0 bridgehead atoms. The van der Waals surface area contributed by atoms with Gasteiger partial charge in [0, 0.05) is 15.5 Å². The van der Waals surface area contributed by atoms with Gasteiger partial charge < -0.3 is 4.74 Å². The quantitative estimate of drug-likeness (QED) is 0.646. The number of hydrogen-bond acceptors (Lipinski definition) is 3. The second-order valence-electron chi connectivity index (χ2n) is 6.03. The van der Waals surface area contributed by atoms with Crippen molar-refractivity contribution in [1.82, 2.24) is 9.97 Å². The highest BCUT2D eigenvalue weighted by atomic mass is 79.9. The fraction of sp³-hybridized carbons (Fsp3) is 0.375. The van der Waals surface area contributed by atoms with E-state index in [1.807, 2.05) is 52.8 Å². The maximum atomic E-state index is 6.22. The molecule has 5 heteroatoms. The highest BCUT2D eigenvalue weighted by Gasteiger charge is 2.21. The van der Waals surface area contributed by atoms with Crippen LogP contribution < -0.4 is 4.74 Å². The van der Waals surface area contributed by atoms with Crippen molar-refractivity contribution in [3.63, 3.8) is 0 Å². The Hall–Kier alpha value is -1.13. The predicted octanol–water partition coefficient (Wildman–Crippen LogP) is 5.60. The molecule has 1 aromatic heterocycles. The third-order valence-electron chi connectivity index (χ3n) is 3.07. The van der Waals surface area contributed by atoms with Crippen LogP contribution >= 0.6 is 27.5 Å². The van der Waals surface area contributed by atoms with Gasteiger partial charge in [-0.2, -0.15) is 4.98 Å². The Morgan fingerprint density at radius 1 is 1.14 bits per heavy atom. The summed E-state index contributed by atoms with van der Waals surface area (Å²) in [6.07, 6.45) is 0. The van der Waals surface area contributed by atoms with Gasteiger partial charge in [0.25, 0.3) is 0 Å². The molecule has 0 aliphatic heterocycles. The van der Waals surface area contributed by atoms with E-state index in [9.17, 15) is 0 Å². The first-order valence-corrected chi connectivity index (χ1v) is 7.84. The molecule has 2 aromatic rings. The zero-order chi connectivity index (χ0) is 15.8. The van der Waals surface area contributed by atoms with Gasteiger partial charge in [-0.05, 0) is 31.5 Å². The Balaban J connectivity index is 2.49. The first kappa shape index (κ1) is 16.2. The Labute approximate surface area is 138 Å². The lowest BCUT2D eigenvalue weighted by Crippen LogP contribution is -2.17. The van der Waals surface area contributed by atoms with Gasteiger partial charge in [0.15, 0.2) is 0 Å².